The SMILES string of the molecule is CNc1nc(-c2ccccc2)nc2cc(-c3ccc(F)cc3F)ccc12. The molecule has 0 radical (unpaired) electrons. The molecule has 5 heteroatoms. The third-order valence-corrected chi connectivity index (χ3v) is 4.21. The van der Waals surface area contributed by atoms with Crippen LogP contribution in [0.2, 0.25) is 0 Å². The van der Waals surface area contributed by atoms with E-state index in [1.807, 2.05) is 36.4 Å². The molecule has 0 aliphatic carbocycles. The molecular formula is C21H15F2N3. The highest BCUT2D eigenvalue weighted by atomic mass is 19.1. The molecule has 0 saturated carbocycles. The van der Waals surface area contributed by atoms with E-state index < -0.39 is 11.6 Å². The van der Waals surface area contributed by atoms with Gasteiger partial charge in [0.25, 0.3) is 0 Å². The van der Waals surface area contributed by atoms with Crippen molar-refractivity contribution in [3.8, 4) is 22.5 Å². The Hall–Kier alpha value is -3.34. The van der Waals surface area contributed by atoms with Crippen molar-refractivity contribution in [2.45, 2.75) is 0 Å². The molecular weight excluding hydrogens is 332 g/mol. The van der Waals surface area contributed by atoms with Crippen LogP contribution in [0.5, 0.6) is 0 Å². The van der Waals surface area contributed by atoms with Gasteiger partial charge in [0.1, 0.15) is 17.5 Å². The van der Waals surface area contributed by atoms with Crippen molar-refractivity contribution in [1.29, 1.82) is 0 Å². The Bertz CT molecular complexity index is 1100. The summed E-state index contributed by atoms with van der Waals surface area (Å²) in [6.07, 6.45) is 0. The number of nitrogens with one attached hydrogen (secondary N) is 1. The van der Waals surface area contributed by atoms with Crippen LogP contribution < -0.4 is 5.32 Å². The quantitative estimate of drug-likeness (QED) is 0.548. The Morgan fingerprint density at radius 3 is 2.35 bits per heavy atom. The minimum absolute atomic E-state index is 0.333. The molecule has 0 fully saturated rings. The maximum absolute atomic E-state index is 14.1. The monoisotopic (exact) mass is 347 g/mol. The topological polar surface area (TPSA) is 37.8 Å². The first kappa shape index (κ1) is 16.1. The van der Waals surface area contributed by atoms with E-state index in [9.17, 15) is 8.78 Å². The molecule has 1 heterocycles. The molecule has 1 aromatic heterocycles. The predicted octanol–water partition coefficient (Wildman–Crippen LogP) is 5.28. The van der Waals surface area contributed by atoms with Gasteiger partial charge in [-0.2, -0.15) is 0 Å². The van der Waals surface area contributed by atoms with Crippen LogP contribution in [0.3, 0.4) is 0 Å². The molecule has 26 heavy (non-hydrogen) atoms. The highest BCUT2D eigenvalue weighted by molar-refractivity contribution is 5.93. The van der Waals surface area contributed by atoms with E-state index in [1.165, 1.54) is 12.1 Å². The molecule has 3 nitrogen and oxygen atoms in total. The van der Waals surface area contributed by atoms with Gasteiger partial charge in [0.2, 0.25) is 0 Å². The van der Waals surface area contributed by atoms with Crippen molar-refractivity contribution in [1.82, 2.24) is 9.97 Å². The van der Waals surface area contributed by atoms with Gasteiger partial charge in [-0.25, -0.2) is 18.7 Å². The molecule has 0 bridgehead atoms. The summed E-state index contributed by atoms with van der Waals surface area (Å²) in [7, 11) is 1.80. The molecule has 0 spiro atoms. The number of nitrogens with zero attached hydrogens (tertiary/aromatic N) is 2. The predicted molar refractivity (Wildman–Crippen MR) is 99.9 cm³/mol. The Morgan fingerprint density at radius 1 is 0.808 bits per heavy atom. The van der Waals surface area contributed by atoms with Gasteiger partial charge in [0.05, 0.1) is 5.52 Å². The van der Waals surface area contributed by atoms with Crippen molar-refractivity contribution < 1.29 is 8.78 Å². The summed E-state index contributed by atoms with van der Waals surface area (Å²) in [5, 5.41) is 3.92. The third-order valence-electron chi connectivity index (χ3n) is 4.21. The number of benzene rings is 3. The van der Waals surface area contributed by atoms with Crippen LogP contribution >= 0.6 is 0 Å². The van der Waals surface area contributed by atoms with Crippen LogP contribution in [0.4, 0.5) is 14.6 Å². The molecule has 0 unspecified atom stereocenters. The maximum Gasteiger partial charge on any atom is 0.162 e. The van der Waals surface area contributed by atoms with E-state index in [-0.39, 0.29) is 0 Å². The maximum atomic E-state index is 14.1. The van der Waals surface area contributed by atoms with Gasteiger partial charge in [-0.05, 0) is 29.8 Å². The van der Waals surface area contributed by atoms with Gasteiger partial charge in [-0.3, -0.25) is 0 Å². The Morgan fingerprint density at radius 2 is 1.62 bits per heavy atom. The number of anilines is 1. The first-order chi connectivity index (χ1) is 12.7. The fourth-order valence-electron chi connectivity index (χ4n) is 2.93. The molecule has 3 aromatic carbocycles. The van der Waals surface area contributed by atoms with Crippen LogP contribution in [0.1, 0.15) is 0 Å². The van der Waals surface area contributed by atoms with E-state index in [2.05, 4.69) is 15.3 Å². The number of halogens is 2. The number of fused-ring (bicyclic) bond motifs is 1. The summed E-state index contributed by atoms with van der Waals surface area (Å²) in [5.74, 6) is 0.0767. The second kappa shape index (κ2) is 6.52. The molecule has 0 amide bonds. The number of hydrogen-bond donors (Lipinski definition) is 1. The molecule has 0 saturated heterocycles. The van der Waals surface area contributed by atoms with Gasteiger partial charge in [-0.15, -0.1) is 0 Å². The van der Waals surface area contributed by atoms with Crippen LogP contribution in [-0.2, 0) is 0 Å². The van der Waals surface area contributed by atoms with Crippen LogP contribution in [-0.4, -0.2) is 17.0 Å². The van der Waals surface area contributed by atoms with Gasteiger partial charge in [-0.1, -0.05) is 36.4 Å². The molecule has 4 aromatic rings. The zero-order valence-electron chi connectivity index (χ0n) is 14.0. The number of rotatable bonds is 3. The fourth-order valence-corrected chi connectivity index (χ4v) is 2.93. The van der Waals surface area contributed by atoms with Crippen molar-refractivity contribution in [3.63, 3.8) is 0 Å². The van der Waals surface area contributed by atoms with E-state index in [4.69, 9.17) is 0 Å². The Balaban J connectivity index is 1.91. The van der Waals surface area contributed by atoms with Crippen molar-refractivity contribution in [2.24, 2.45) is 0 Å². The van der Waals surface area contributed by atoms with Crippen LogP contribution in [0, 0.1) is 11.6 Å². The lowest BCUT2D eigenvalue weighted by Gasteiger charge is -2.10. The van der Waals surface area contributed by atoms with Crippen LogP contribution in [0.15, 0.2) is 66.7 Å². The van der Waals surface area contributed by atoms with E-state index in [1.54, 1.807) is 19.2 Å². The van der Waals surface area contributed by atoms with E-state index >= 15 is 0 Å². The zero-order chi connectivity index (χ0) is 18.1. The number of hydrogen-bond acceptors (Lipinski definition) is 3. The molecule has 1 N–H and O–H groups in total. The largest absolute Gasteiger partial charge is 0.373 e. The first-order valence-corrected chi connectivity index (χ1v) is 8.16. The number of aromatic nitrogens is 2. The Labute approximate surface area is 149 Å². The molecule has 0 aliphatic rings. The molecule has 0 atom stereocenters. The summed E-state index contributed by atoms with van der Waals surface area (Å²) in [6, 6.07) is 18.6. The van der Waals surface area contributed by atoms with Gasteiger partial charge in [0, 0.05) is 29.6 Å². The summed E-state index contributed by atoms with van der Waals surface area (Å²) in [5.41, 5.74) is 2.54. The smallest absolute Gasteiger partial charge is 0.162 e. The Kier molecular flexibility index (Phi) is 4.05. The summed E-state index contributed by atoms with van der Waals surface area (Å²) >= 11 is 0. The lowest BCUT2D eigenvalue weighted by molar-refractivity contribution is 0.585. The molecule has 128 valence electrons. The zero-order valence-corrected chi connectivity index (χ0v) is 14.0. The van der Waals surface area contributed by atoms with Crippen LogP contribution in [0.25, 0.3) is 33.4 Å². The van der Waals surface area contributed by atoms with Crippen molar-refractivity contribution in [3.05, 3.63) is 78.4 Å². The molecule has 0 aliphatic heterocycles. The minimum Gasteiger partial charge on any atom is -0.373 e. The van der Waals surface area contributed by atoms with Crippen molar-refractivity contribution in [2.75, 3.05) is 12.4 Å². The first-order valence-electron chi connectivity index (χ1n) is 8.16. The second-order valence-electron chi connectivity index (χ2n) is 5.87. The summed E-state index contributed by atoms with van der Waals surface area (Å²) in [4.78, 5) is 9.22. The fraction of sp³-hybridized carbons (Fsp3) is 0.0476. The average Bonchev–Trinajstić information content (AvgIpc) is 2.67. The highest BCUT2D eigenvalue weighted by Crippen LogP contribution is 2.30. The minimum atomic E-state index is -0.601. The third kappa shape index (κ3) is 2.88. The standard InChI is InChI=1S/C21H15F2N3/c1-24-21-17-9-7-14(16-10-8-15(22)12-18(16)23)11-19(17)25-20(26-21)13-5-3-2-4-6-13/h2-12H,1H3,(H,24,25,26). The lowest BCUT2D eigenvalue weighted by Crippen LogP contribution is -1.99. The second-order valence-corrected chi connectivity index (χ2v) is 5.87. The molecule has 4 rings (SSSR count). The van der Waals surface area contributed by atoms with E-state index in [0.717, 1.165) is 17.0 Å². The van der Waals surface area contributed by atoms with Gasteiger partial charge in [0.15, 0.2) is 5.82 Å². The summed E-state index contributed by atoms with van der Waals surface area (Å²) < 4.78 is 27.3. The average molecular weight is 347 g/mol. The normalized spacial score (nSPS) is 10.9. The van der Waals surface area contributed by atoms with E-state index in [0.29, 0.717) is 28.3 Å². The van der Waals surface area contributed by atoms with Crippen molar-refractivity contribution >= 4 is 16.7 Å². The summed E-state index contributed by atoms with van der Waals surface area (Å²) in [6.45, 7) is 0. The highest BCUT2D eigenvalue weighted by Gasteiger charge is 2.12. The van der Waals surface area contributed by atoms with Gasteiger partial charge < -0.3 is 5.32 Å². The lowest BCUT2D eigenvalue weighted by atomic mass is 10.0. The van der Waals surface area contributed by atoms with Gasteiger partial charge >= 0.3 is 0 Å².